The molecule has 0 aromatic carbocycles. The summed E-state index contributed by atoms with van der Waals surface area (Å²) in [7, 11) is 2.12. The second-order valence-electron chi connectivity index (χ2n) is 5.35. The molecule has 1 fully saturated rings. The van der Waals surface area contributed by atoms with Gasteiger partial charge in [0.2, 0.25) is 0 Å². The number of anilines is 1. The first-order chi connectivity index (χ1) is 8.97. The van der Waals surface area contributed by atoms with Crippen LogP contribution in [0.15, 0.2) is 12.1 Å². The first-order valence-electron chi connectivity index (χ1n) is 6.65. The number of carboxylic acids is 1. The van der Waals surface area contributed by atoms with Crippen LogP contribution in [0.1, 0.15) is 35.8 Å². The van der Waals surface area contributed by atoms with Gasteiger partial charge in [0.05, 0.1) is 0 Å². The zero-order valence-electron chi connectivity index (χ0n) is 11.7. The van der Waals surface area contributed by atoms with Crippen LogP contribution < -0.4 is 5.32 Å². The van der Waals surface area contributed by atoms with E-state index in [-0.39, 0.29) is 5.56 Å². The van der Waals surface area contributed by atoms with E-state index in [1.807, 2.05) is 6.92 Å². The minimum Gasteiger partial charge on any atom is -0.478 e. The third-order valence-electron chi connectivity index (χ3n) is 3.81. The second-order valence-corrected chi connectivity index (χ2v) is 5.35. The number of nitrogens with one attached hydrogen (secondary N) is 1. The summed E-state index contributed by atoms with van der Waals surface area (Å²) in [6, 6.07) is 4.14. The zero-order valence-corrected chi connectivity index (χ0v) is 11.7. The van der Waals surface area contributed by atoms with E-state index < -0.39 is 5.97 Å². The molecule has 2 rings (SSSR count). The number of piperidine rings is 1. The molecule has 5 nitrogen and oxygen atoms in total. The SMILES string of the molecule is Cc1ccc(C(=O)O)c(NC2CCN(C)C(C)C2)n1. The molecule has 0 amide bonds. The van der Waals surface area contributed by atoms with Gasteiger partial charge in [-0.05, 0) is 45.9 Å². The van der Waals surface area contributed by atoms with E-state index in [9.17, 15) is 9.90 Å². The number of aromatic carboxylic acids is 1. The summed E-state index contributed by atoms with van der Waals surface area (Å²) in [5.74, 6) is -0.440. The van der Waals surface area contributed by atoms with Gasteiger partial charge >= 0.3 is 5.97 Å². The van der Waals surface area contributed by atoms with E-state index in [2.05, 4.69) is 29.2 Å². The van der Waals surface area contributed by atoms with Gasteiger partial charge in [-0.25, -0.2) is 9.78 Å². The van der Waals surface area contributed by atoms with Crippen LogP contribution in [-0.2, 0) is 0 Å². The third-order valence-corrected chi connectivity index (χ3v) is 3.81. The Hall–Kier alpha value is -1.62. The molecule has 0 spiro atoms. The Kier molecular flexibility index (Phi) is 4.04. The minimum absolute atomic E-state index is 0.247. The van der Waals surface area contributed by atoms with Crippen LogP contribution in [0.4, 0.5) is 5.82 Å². The van der Waals surface area contributed by atoms with Crippen molar-refractivity contribution in [3.8, 4) is 0 Å². The molecule has 2 N–H and O–H groups in total. The predicted octanol–water partition coefficient (Wildman–Crippen LogP) is 1.98. The van der Waals surface area contributed by atoms with Crippen LogP contribution in [0.25, 0.3) is 0 Å². The van der Waals surface area contributed by atoms with Gasteiger partial charge in [0.15, 0.2) is 0 Å². The molecule has 5 heteroatoms. The summed E-state index contributed by atoms with van der Waals surface area (Å²) in [6.45, 7) is 5.08. The van der Waals surface area contributed by atoms with Gasteiger partial charge < -0.3 is 15.3 Å². The fourth-order valence-electron chi connectivity index (χ4n) is 2.45. The average Bonchev–Trinajstić information content (AvgIpc) is 2.33. The lowest BCUT2D eigenvalue weighted by atomic mass is 9.99. The van der Waals surface area contributed by atoms with Crippen LogP contribution in [-0.4, -0.2) is 46.6 Å². The highest BCUT2D eigenvalue weighted by atomic mass is 16.4. The zero-order chi connectivity index (χ0) is 14.0. The Morgan fingerprint density at radius 3 is 2.89 bits per heavy atom. The third kappa shape index (κ3) is 3.23. The van der Waals surface area contributed by atoms with Crippen molar-refractivity contribution in [2.75, 3.05) is 18.9 Å². The number of hydrogen-bond acceptors (Lipinski definition) is 4. The van der Waals surface area contributed by atoms with Gasteiger partial charge in [-0.2, -0.15) is 0 Å². The summed E-state index contributed by atoms with van der Waals surface area (Å²) in [4.78, 5) is 17.8. The lowest BCUT2D eigenvalue weighted by molar-refractivity contribution is 0.0697. The largest absolute Gasteiger partial charge is 0.478 e. The van der Waals surface area contributed by atoms with Crippen molar-refractivity contribution >= 4 is 11.8 Å². The van der Waals surface area contributed by atoms with E-state index in [0.717, 1.165) is 25.1 Å². The Labute approximate surface area is 113 Å². The minimum atomic E-state index is -0.934. The number of aryl methyl sites for hydroxylation is 1. The summed E-state index contributed by atoms with van der Waals surface area (Å²) >= 11 is 0. The van der Waals surface area contributed by atoms with Gasteiger partial charge in [0.1, 0.15) is 11.4 Å². The van der Waals surface area contributed by atoms with E-state index in [0.29, 0.717) is 17.9 Å². The van der Waals surface area contributed by atoms with Crippen molar-refractivity contribution in [1.82, 2.24) is 9.88 Å². The molecule has 1 aromatic rings. The van der Waals surface area contributed by atoms with Crippen molar-refractivity contribution in [3.05, 3.63) is 23.4 Å². The van der Waals surface area contributed by atoms with E-state index in [1.54, 1.807) is 12.1 Å². The van der Waals surface area contributed by atoms with E-state index in [4.69, 9.17) is 0 Å². The first-order valence-corrected chi connectivity index (χ1v) is 6.65. The normalized spacial score (nSPS) is 24.2. The Balaban J connectivity index is 2.14. The van der Waals surface area contributed by atoms with Crippen LogP contribution in [0.5, 0.6) is 0 Å². The van der Waals surface area contributed by atoms with Crippen LogP contribution in [0.3, 0.4) is 0 Å². The number of nitrogens with zero attached hydrogens (tertiary/aromatic N) is 2. The van der Waals surface area contributed by atoms with E-state index in [1.165, 1.54) is 0 Å². The number of hydrogen-bond donors (Lipinski definition) is 2. The molecule has 0 saturated carbocycles. The summed E-state index contributed by atoms with van der Waals surface area (Å²) < 4.78 is 0. The highest BCUT2D eigenvalue weighted by molar-refractivity contribution is 5.93. The number of aromatic nitrogens is 1. The summed E-state index contributed by atoms with van der Waals surface area (Å²) in [5, 5.41) is 12.5. The van der Waals surface area contributed by atoms with Crippen LogP contribution in [0, 0.1) is 6.92 Å². The molecule has 1 aliphatic heterocycles. The molecule has 19 heavy (non-hydrogen) atoms. The number of likely N-dealkylation sites (tertiary alicyclic amines) is 1. The molecule has 0 radical (unpaired) electrons. The topological polar surface area (TPSA) is 65.5 Å². The Morgan fingerprint density at radius 1 is 1.53 bits per heavy atom. The molecule has 2 unspecified atom stereocenters. The van der Waals surface area contributed by atoms with Crippen LogP contribution >= 0.6 is 0 Å². The quantitative estimate of drug-likeness (QED) is 0.873. The van der Waals surface area contributed by atoms with Gasteiger partial charge in [0.25, 0.3) is 0 Å². The number of rotatable bonds is 3. The van der Waals surface area contributed by atoms with Gasteiger partial charge in [-0.15, -0.1) is 0 Å². The van der Waals surface area contributed by atoms with Crippen molar-refractivity contribution < 1.29 is 9.90 Å². The number of carbonyl (C=O) groups is 1. The number of carboxylic acid groups (broad SMARTS) is 1. The van der Waals surface area contributed by atoms with Crippen molar-refractivity contribution in [3.63, 3.8) is 0 Å². The van der Waals surface area contributed by atoms with Gasteiger partial charge in [0, 0.05) is 24.3 Å². The standard InChI is InChI=1S/C14H21N3O2/c1-9-4-5-12(14(18)19)13(15-9)16-11-6-7-17(3)10(2)8-11/h4-5,10-11H,6-8H2,1-3H3,(H,15,16)(H,18,19). The molecular formula is C14H21N3O2. The molecule has 1 aliphatic rings. The van der Waals surface area contributed by atoms with Crippen LogP contribution in [0.2, 0.25) is 0 Å². The molecule has 0 aliphatic carbocycles. The highest BCUT2D eigenvalue weighted by Crippen LogP contribution is 2.21. The molecule has 0 bridgehead atoms. The maximum Gasteiger partial charge on any atom is 0.339 e. The predicted molar refractivity (Wildman–Crippen MR) is 74.7 cm³/mol. The lowest BCUT2D eigenvalue weighted by Crippen LogP contribution is -2.42. The Morgan fingerprint density at radius 2 is 2.26 bits per heavy atom. The van der Waals surface area contributed by atoms with Gasteiger partial charge in [-0.1, -0.05) is 0 Å². The molecule has 2 atom stereocenters. The maximum absolute atomic E-state index is 11.2. The fourth-order valence-corrected chi connectivity index (χ4v) is 2.45. The molecule has 2 heterocycles. The first kappa shape index (κ1) is 13.8. The maximum atomic E-state index is 11.2. The average molecular weight is 263 g/mol. The molecule has 104 valence electrons. The smallest absolute Gasteiger partial charge is 0.339 e. The van der Waals surface area contributed by atoms with Gasteiger partial charge in [-0.3, -0.25) is 0 Å². The number of pyridine rings is 1. The summed E-state index contributed by atoms with van der Waals surface area (Å²) in [5.41, 5.74) is 1.07. The lowest BCUT2D eigenvalue weighted by Gasteiger charge is -2.35. The Bertz CT molecular complexity index is 476. The summed E-state index contributed by atoms with van der Waals surface area (Å²) in [6.07, 6.45) is 2.01. The van der Waals surface area contributed by atoms with Crippen molar-refractivity contribution in [1.29, 1.82) is 0 Å². The van der Waals surface area contributed by atoms with Crippen molar-refractivity contribution in [2.24, 2.45) is 0 Å². The molecule has 1 saturated heterocycles. The second kappa shape index (κ2) is 5.57. The highest BCUT2D eigenvalue weighted by Gasteiger charge is 2.24. The fraction of sp³-hybridized carbons (Fsp3) is 0.571. The molecular weight excluding hydrogens is 242 g/mol. The van der Waals surface area contributed by atoms with Crippen molar-refractivity contribution in [2.45, 2.75) is 38.8 Å². The molecule has 1 aromatic heterocycles. The monoisotopic (exact) mass is 263 g/mol. The van der Waals surface area contributed by atoms with E-state index >= 15 is 0 Å².